The summed E-state index contributed by atoms with van der Waals surface area (Å²) in [5.74, 6) is 0.235. The van der Waals surface area contributed by atoms with Gasteiger partial charge >= 0.3 is 65.1 Å². The standard InChI is InChI=1S/C17H20N4O3.CH2O3.2Na/c1-11(2)10-13(22)8-9-15(23)24-16-12(3)6-5-7-14(16)17-18-20-21(4)19-17;2-1(3)4;;/h5-9,11H,10H2,1-4H3;(H2,2,3,4);;/q;;2*+1/p-2. The van der Waals surface area contributed by atoms with Crippen LogP contribution in [0.25, 0.3) is 11.4 Å². The van der Waals surface area contributed by atoms with E-state index in [1.807, 2.05) is 32.9 Å². The van der Waals surface area contributed by atoms with E-state index in [0.29, 0.717) is 23.6 Å². The van der Waals surface area contributed by atoms with Gasteiger partial charge in [0, 0.05) is 12.5 Å². The Morgan fingerprint density at radius 3 is 2.27 bits per heavy atom. The number of esters is 1. The Morgan fingerprint density at radius 2 is 1.77 bits per heavy atom. The van der Waals surface area contributed by atoms with Crippen molar-refractivity contribution in [2.45, 2.75) is 27.2 Å². The number of tetrazole rings is 1. The molecular weight excluding hydrogens is 414 g/mol. The van der Waals surface area contributed by atoms with Crippen LogP contribution in [0.3, 0.4) is 0 Å². The van der Waals surface area contributed by atoms with E-state index in [2.05, 4.69) is 15.4 Å². The molecule has 0 fully saturated rings. The van der Waals surface area contributed by atoms with Crippen molar-refractivity contribution in [2.75, 3.05) is 0 Å². The third kappa shape index (κ3) is 11.6. The predicted molar refractivity (Wildman–Crippen MR) is 93.6 cm³/mol. The monoisotopic (exact) mass is 434 g/mol. The Hall–Kier alpha value is -1.56. The molecule has 0 radical (unpaired) electrons. The number of nitrogens with zero attached hydrogens (tertiary/aromatic N) is 4. The maximum absolute atomic E-state index is 12.0. The van der Waals surface area contributed by atoms with Crippen molar-refractivity contribution < 1.29 is 88.4 Å². The summed E-state index contributed by atoms with van der Waals surface area (Å²) in [6.45, 7) is 5.70. The van der Waals surface area contributed by atoms with Gasteiger partial charge in [0.05, 0.1) is 12.6 Å². The number of hydrogen-bond acceptors (Lipinski definition) is 9. The Kier molecular flexibility index (Phi) is 15.6. The molecule has 1 aromatic carbocycles. The molecule has 10 nitrogen and oxygen atoms in total. The maximum Gasteiger partial charge on any atom is 1.00 e. The van der Waals surface area contributed by atoms with Crippen LogP contribution >= 0.6 is 0 Å². The largest absolute Gasteiger partial charge is 1.00 e. The first kappa shape index (κ1) is 30.6. The quantitative estimate of drug-likeness (QED) is 0.187. The van der Waals surface area contributed by atoms with Gasteiger partial charge in [-0.3, -0.25) is 4.79 Å². The summed E-state index contributed by atoms with van der Waals surface area (Å²) in [7, 11) is 1.65. The SMILES string of the molecule is Cc1cccc(-c2nnn(C)n2)c1OC(=O)C=CC(=O)CC(C)C.O=C([O-])[O-].[Na+].[Na+]. The van der Waals surface area contributed by atoms with Gasteiger partial charge in [-0.1, -0.05) is 26.0 Å². The number of para-hydroxylation sites is 1. The number of hydrogen-bond donors (Lipinski definition) is 0. The molecule has 30 heavy (non-hydrogen) atoms. The van der Waals surface area contributed by atoms with Crippen LogP contribution in [0, 0.1) is 12.8 Å². The molecule has 1 heterocycles. The van der Waals surface area contributed by atoms with Crippen LogP contribution in [0.2, 0.25) is 0 Å². The molecule has 0 saturated carbocycles. The van der Waals surface area contributed by atoms with E-state index in [4.69, 9.17) is 19.7 Å². The molecule has 0 aliphatic heterocycles. The van der Waals surface area contributed by atoms with Gasteiger partial charge in [0.2, 0.25) is 5.82 Å². The van der Waals surface area contributed by atoms with Crippen molar-refractivity contribution in [2.24, 2.45) is 13.0 Å². The van der Waals surface area contributed by atoms with Crippen LogP contribution in [0.15, 0.2) is 30.4 Å². The van der Waals surface area contributed by atoms with Gasteiger partial charge in [0.15, 0.2) is 5.78 Å². The minimum atomic E-state index is -2.33. The summed E-state index contributed by atoms with van der Waals surface area (Å²) in [4.78, 5) is 33.3. The minimum absolute atomic E-state index is 0. The Bertz CT molecular complexity index is 879. The van der Waals surface area contributed by atoms with Crippen molar-refractivity contribution in [1.29, 1.82) is 0 Å². The van der Waals surface area contributed by atoms with Crippen molar-refractivity contribution in [3.63, 3.8) is 0 Å². The van der Waals surface area contributed by atoms with Crippen LogP contribution in [-0.4, -0.2) is 38.1 Å². The fraction of sp³-hybridized carbons (Fsp3) is 0.333. The number of carboxylic acid groups (broad SMARTS) is 2. The van der Waals surface area contributed by atoms with E-state index < -0.39 is 12.1 Å². The van der Waals surface area contributed by atoms with Gasteiger partial charge in [-0.2, -0.15) is 4.80 Å². The summed E-state index contributed by atoms with van der Waals surface area (Å²) >= 11 is 0. The Balaban J connectivity index is 0. The second kappa shape index (κ2) is 15.3. The average molecular weight is 434 g/mol. The molecule has 0 unspecified atom stereocenters. The number of benzene rings is 1. The Labute approximate surface area is 218 Å². The second-order valence-electron chi connectivity index (χ2n) is 6.12. The van der Waals surface area contributed by atoms with Crippen molar-refractivity contribution in [3.8, 4) is 17.1 Å². The molecule has 0 N–H and O–H groups in total. The number of ketones is 1. The van der Waals surface area contributed by atoms with Crippen LogP contribution in [0.5, 0.6) is 5.75 Å². The van der Waals surface area contributed by atoms with Gasteiger partial charge < -0.3 is 19.7 Å². The third-order valence-corrected chi connectivity index (χ3v) is 3.18. The first-order valence-corrected chi connectivity index (χ1v) is 8.24. The molecule has 0 spiro atoms. The fourth-order valence-electron chi connectivity index (χ4n) is 2.12. The second-order valence-corrected chi connectivity index (χ2v) is 6.12. The third-order valence-electron chi connectivity index (χ3n) is 3.18. The van der Waals surface area contributed by atoms with Gasteiger partial charge in [-0.15, -0.1) is 10.2 Å². The van der Waals surface area contributed by atoms with Gasteiger partial charge in [-0.05, 0) is 41.9 Å². The summed E-state index contributed by atoms with van der Waals surface area (Å²) in [5.41, 5.74) is 1.33. The molecule has 0 bridgehead atoms. The number of carbonyl (C=O) groups excluding carboxylic acids is 3. The normalized spacial score (nSPS) is 9.77. The zero-order valence-electron chi connectivity index (χ0n) is 17.9. The molecule has 1 aromatic heterocycles. The van der Waals surface area contributed by atoms with Crippen molar-refractivity contribution >= 4 is 17.9 Å². The zero-order chi connectivity index (χ0) is 21.3. The molecule has 0 atom stereocenters. The van der Waals surface area contributed by atoms with E-state index in [1.165, 1.54) is 10.9 Å². The molecule has 0 saturated heterocycles. The fourth-order valence-corrected chi connectivity index (χ4v) is 2.12. The number of allylic oxidation sites excluding steroid dienone is 1. The van der Waals surface area contributed by atoms with Crippen LogP contribution in [0.1, 0.15) is 25.8 Å². The van der Waals surface area contributed by atoms with Crippen LogP contribution in [0.4, 0.5) is 4.79 Å². The summed E-state index contributed by atoms with van der Waals surface area (Å²) in [5, 5.41) is 28.5. The number of ether oxygens (including phenoxy) is 1. The molecule has 0 aliphatic rings. The first-order chi connectivity index (χ1) is 13.1. The molecule has 0 aliphatic carbocycles. The van der Waals surface area contributed by atoms with E-state index >= 15 is 0 Å². The number of carbonyl (C=O) groups is 3. The average Bonchev–Trinajstić information content (AvgIpc) is 3.00. The predicted octanol–water partition coefficient (Wildman–Crippen LogP) is -6.18. The topological polar surface area (TPSA) is 150 Å². The van der Waals surface area contributed by atoms with E-state index in [9.17, 15) is 9.59 Å². The van der Waals surface area contributed by atoms with Gasteiger partial charge in [-0.25, -0.2) is 4.79 Å². The van der Waals surface area contributed by atoms with Crippen molar-refractivity contribution in [1.82, 2.24) is 20.2 Å². The number of aryl methyl sites for hydroxylation is 2. The smallest absolute Gasteiger partial charge is 0.652 e. The van der Waals surface area contributed by atoms with Gasteiger partial charge in [0.25, 0.3) is 0 Å². The van der Waals surface area contributed by atoms with Crippen LogP contribution in [-0.2, 0) is 16.6 Å². The van der Waals surface area contributed by atoms with E-state index in [0.717, 1.165) is 11.6 Å². The number of rotatable bonds is 6. The van der Waals surface area contributed by atoms with E-state index in [1.54, 1.807) is 13.1 Å². The summed E-state index contributed by atoms with van der Waals surface area (Å²) in [6.07, 6.45) is 0.453. The van der Waals surface area contributed by atoms with Crippen molar-refractivity contribution in [3.05, 3.63) is 35.9 Å². The first-order valence-electron chi connectivity index (χ1n) is 8.24. The van der Waals surface area contributed by atoms with Crippen LogP contribution < -0.4 is 74.1 Å². The van der Waals surface area contributed by atoms with Gasteiger partial charge in [0.1, 0.15) is 5.75 Å². The molecule has 0 amide bonds. The summed E-state index contributed by atoms with van der Waals surface area (Å²) in [6, 6.07) is 5.39. The summed E-state index contributed by atoms with van der Waals surface area (Å²) < 4.78 is 5.40. The Morgan fingerprint density at radius 1 is 1.17 bits per heavy atom. The molecule has 2 aromatic rings. The van der Waals surface area contributed by atoms with E-state index in [-0.39, 0.29) is 70.8 Å². The number of aromatic nitrogens is 4. The molecule has 150 valence electrons. The minimum Gasteiger partial charge on any atom is -0.652 e. The molecular formula is C18H20N4Na2O6. The zero-order valence-corrected chi connectivity index (χ0v) is 21.9. The molecule has 2 rings (SSSR count). The maximum atomic E-state index is 12.0. The molecule has 12 heteroatoms.